The molecule has 1 fully saturated rings. The molecule has 1 atom stereocenters. The van der Waals surface area contributed by atoms with Gasteiger partial charge in [0.1, 0.15) is 12.7 Å². The first kappa shape index (κ1) is 32.3. The van der Waals surface area contributed by atoms with Gasteiger partial charge in [-0.15, -0.1) is 0 Å². The van der Waals surface area contributed by atoms with Gasteiger partial charge in [-0.2, -0.15) is 0 Å². The van der Waals surface area contributed by atoms with Crippen molar-refractivity contribution in [1.29, 1.82) is 0 Å². The Hall–Kier alpha value is -1.89. The quantitative estimate of drug-likeness (QED) is 0.181. The van der Waals surface area contributed by atoms with Gasteiger partial charge in [0.15, 0.2) is 0 Å². The molecule has 0 spiro atoms. The van der Waals surface area contributed by atoms with E-state index >= 15 is 0 Å². The Morgan fingerprint density at radius 2 is 1.25 bits per heavy atom. The summed E-state index contributed by atoms with van der Waals surface area (Å²) in [6, 6.07) is 0. The van der Waals surface area contributed by atoms with Gasteiger partial charge in [0, 0.05) is 5.57 Å². The predicted octanol–water partition coefficient (Wildman–Crippen LogP) is 5.26. The van der Waals surface area contributed by atoms with Gasteiger partial charge in [-0.25, -0.2) is 4.79 Å². The van der Waals surface area contributed by atoms with E-state index in [0.717, 1.165) is 32.3 Å². The average molecular weight is 459 g/mol. The SMILES string of the molecule is C=C(C)C(=O)OCCC.CCC(C)(C)C(=O)OCC1CO1.CCCOC(=O)C(C)(C)CC. The molecule has 1 rings (SSSR count). The minimum atomic E-state index is -0.352. The summed E-state index contributed by atoms with van der Waals surface area (Å²) in [6.07, 6.45) is 3.55. The second-order valence-electron chi connectivity index (χ2n) is 9.08. The zero-order chi connectivity index (χ0) is 25.4. The minimum absolute atomic E-state index is 0.0816. The van der Waals surface area contributed by atoms with Crippen LogP contribution in [0.25, 0.3) is 0 Å². The molecule has 1 heterocycles. The van der Waals surface area contributed by atoms with Gasteiger partial charge in [-0.05, 0) is 60.3 Å². The van der Waals surface area contributed by atoms with E-state index in [2.05, 4.69) is 6.58 Å². The zero-order valence-corrected chi connectivity index (χ0v) is 21.8. The fraction of sp³-hybridized carbons (Fsp3) is 0.800. The number of ether oxygens (including phenoxy) is 4. The Labute approximate surface area is 195 Å². The molecule has 1 saturated heterocycles. The normalized spacial score (nSPS) is 14.6. The number of esters is 3. The van der Waals surface area contributed by atoms with Crippen molar-refractivity contribution in [3.05, 3.63) is 12.2 Å². The Bertz CT molecular complexity index is 575. The summed E-state index contributed by atoms with van der Waals surface area (Å²) in [6.45, 7) is 22.8. The van der Waals surface area contributed by atoms with Crippen molar-refractivity contribution >= 4 is 17.9 Å². The van der Waals surface area contributed by atoms with Gasteiger partial charge >= 0.3 is 17.9 Å². The minimum Gasteiger partial charge on any atom is -0.465 e. The molecule has 1 unspecified atom stereocenters. The van der Waals surface area contributed by atoms with Gasteiger partial charge in [-0.3, -0.25) is 9.59 Å². The number of rotatable bonds is 11. The molecule has 188 valence electrons. The summed E-state index contributed by atoms with van der Waals surface area (Å²) in [5.74, 6) is -0.501. The molecule has 0 N–H and O–H groups in total. The molecular weight excluding hydrogens is 412 g/mol. The molecular formula is C25H46O7. The van der Waals surface area contributed by atoms with E-state index in [1.807, 2.05) is 55.4 Å². The molecule has 0 aromatic carbocycles. The smallest absolute Gasteiger partial charge is 0.333 e. The van der Waals surface area contributed by atoms with E-state index in [9.17, 15) is 14.4 Å². The zero-order valence-electron chi connectivity index (χ0n) is 21.8. The molecule has 32 heavy (non-hydrogen) atoms. The molecule has 0 amide bonds. The molecule has 0 aromatic rings. The predicted molar refractivity (Wildman–Crippen MR) is 126 cm³/mol. The first-order valence-electron chi connectivity index (χ1n) is 11.6. The van der Waals surface area contributed by atoms with Crippen molar-refractivity contribution in [3.63, 3.8) is 0 Å². The highest BCUT2D eigenvalue weighted by molar-refractivity contribution is 5.86. The van der Waals surface area contributed by atoms with Crippen molar-refractivity contribution in [3.8, 4) is 0 Å². The number of carbonyl (C=O) groups is 3. The highest BCUT2D eigenvalue weighted by Crippen LogP contribution is 2.22. The number of epoxide rings is 1. The van der Waals surface area contributed by atoms with Crippen LogP contribution in [-0.4, -0.2) is 50.4 Å². The third-order valence-electron chi connectivity index (χ3n) is 4.90. The first-order chi connectivity index (χ1) is 14.8. The summed E-state index contributed by atoms with van der Waals surface area (Å²) in [7, 11) is 0. The molecule has 7 heteroatoms. The Morgan fingerprint density at radius 1 is 0.844 bits per heavy atom. The van der Waals surface area contributed by atoms with Gasteiger partial charge in [0.2, 0.25) is 0 Å². The topological polar surface area (TPSA) is 91.4 Å². The summed E-state index contributed by atoms with van der Waals surface area (Å²) in [4.78, 5) is 33.2. The van der Waals surface area contributed by atoms with E-state index < -0.39 is 0 Å². The average Bonchev–Trinajstić information content (AvgIpc) is 3.59. The lowest BCUT2D eigenvalue weighted by Crippen LogP contribution is -2.27. The van der Waals surface area contributed by atoms with Crippen molar-refractivity contribution in [1.82, 2.24) is 0 Å². The molecule has 7 nitrogen and oxygen atoms in total. The highest BCUT2D eigenvalue weighted by atomic mass is 16.6. The number of hydrogen-bond donors (Lipinski definition) is 0. The number of carbonyl (C=O) groups excluding carboxylic acids is 3. The van der Waals surface area contributed by atoms with Crippen LogP contribution in [0.4, 0.5) is 0 Å². The maximum Gasteiger partial charge on any atom is 0.333 e. The first-order valence-corrected chi connectivity index (χ1v) is 11.6. The maximum atomic E-state index is 11.4. The molecule has 0 radical (unpaired) electrons. The van der Waals surface area contributed by atoms with Crippen LogP contribution in [0, 0.1) is 10.8 Å². The van der Waals surface area contributed by atoms with E-state index in [0.29, 0.717) is 25.4 Å². The lowest BCUT2D eigenvalue weighted by molar-refractivity contribution is -0.155. The lowest BCUT2D eigenvalue weighted by Gasteiger charge is -2.19. The molecule has 1 aliphatic heterocycles. The fourth-order valence-corrected chi connectivity index (χ4v) is 1.53. The Morgan fingerprint density at radius 3 is 1.59 bits per heavy atom. The van der Waals surface area contributed by atoms with Gasteiger partial charge < -0.3 is 18.9 Å². The van der Waals surface area contributed by atoms with Gasteiger partial charge in [0.05, 0.1) is 30.7 Å². The number of hydrogen-bond acceptors (Lipinski definition) is 7. The van der Waals surface area contributed by atoms with Crippen LogP contribution in [0.5, 0.6) is 0 Å². The summed E-state index contributed by atoms with van der Waals surface area (Å²) < 4.78 is 19.7. The van der Waals surface area contributed by atoms with Gasteiger partial charge in [0.25, 0.3) is 0 Å². The van der Waals surface area contributed by atoms with Crippen LogP contribution >= 0.6 is 0 Å². The monoisotopic (exact) mass is 458 g/mol. The van der Waals surface area contributed by atoms with Gasteiger partial charge in [-0.1, -0.05) is 34.3 Å². The molecule has 0 saturated carbocycles. The summed E-state index contributed by atoms with van der Waals surface area (Å²) >= 11 is 0. The third-order valence-corrected chi connectivity index (χ3v) is 4.90. The lowest BCUT2D eigenvalue weighted by atomic mass is 9.91. The van der Waals surface area contributed by atoms with Crippen LogP contribution in [0.3, 0.4) is 0 Å². The summed E-state index contributed by atoms with van der Waals surface area (Å²) in [5.41, 5.74) is -0.201. The Kier molecular flexibility index (Phi) is 16.9. The maximum absolute atomic E-state index is 11.4. The van der Waals surface area contributed by atoms with Crippen molar-refractivity contribution in [2.24, 2.45) is 10.8 Å². The van der Waals surface area contributed by atoms with Crippen LogP contribution in [0.2, 0.25) is 0 Å². The molecule has 0 aromatic heterocycles. The van der Waals surface area contributed by atoms with Crippen LogP contribution < -0.4 is 0 Å². The van der Waals surface area contributed by atoms with Crippen LogP contribution in [0.15, 0.2) is 12.2 Å². The fourth-order valence-electron chi connectivity index (χ4n) is 1.53. The van der Waals surface area contributed by atoms with E-state index in [1.165, 1.54) is 0 Å². The van der Waals surface area contributed by atoms with E-state index in [-0.39, 0.29) is 34.8 Å². The van der Waals surface area contributed by atoms with Crippen molar-refractivity contribution < 1.29 is 33.3 Å². The highest BCUT2D eigenvalue weighted by Gasteiger charge is 2.30. The van der Waals surface area contributed by atoms with E-state index in [1.54, 1.807) is 6.92 Å². The Balaban J connectivity index is 0. The largest absolute Gasteiger partial charge is 0.465 e. The van der Waals surface area contributed by atoms with Crippen molar-refractivity contribution in [2.75, 3.05) is 26.4 Å². The standard InChI is InChI=1S/C9H16O3.C9H18O2.C7H12O2/c1-4-9(2,3)8(10)12-6-7-5-11-7;1-5-7-11-8(10)9(3,4)6-2;1-4-5-9-7(8)6(2)3/h7H,4-6H2,1-3H3;5-7H2,1-4H3;2,4-5H2,1,3H3. The van der Waals surface area contributed by atoms with Crippen LogP contribution in [-0.2, 0) is 33.3 Å². The molecule has 0 bridgehead atoms. The summed E-state index contributed by atoms with van der Waals surface area (Å²) in [5, 5.41) is 0. The van der Waals surface area contributed by atoms with E-state index in [4.69, 9.17) is 18.9 Å². The van der Waals surface area contributed by atoms with Crippen LogP contribution in [0.1, 0.15) is 88.0 Å². The molecule has 1 aliphatic rings. The second kappa shape index (κ2) is 16.7. The van der Waals surface area contributed by atoms with Crippen molar-refractivity contribution in [2.45, 2.75) is 94.1 Å². The molecule has 0 aliphatic carbocycles. The second-order valence-corrected chi connectivity index (χ2v) is 9.08. The third kappa shape index (κ3) is 15.8.